The maximum Gasteiger partial charge on any atom is 0.341 e. The zero-order chi connectivity index (χ0) is 24.2. The topological polar surface area (TPSA) is 92.8 Å². The number of rotatable bonds is 9. The second-order valence-corrected chi connectivity index (χ2v) is 11.4. The molecule has 3 rings (SSSR count). The molecule has 0 bridgehead atoms. The van der Waals surface area contributed by atoms with Gasteiger partial charge in [0.05, 0.1) is 24.1 Å². The van der Waals surface area contributed by atoms with Crippen LogP contribution < -0.4 is 9.62 Å². The summed E-state index contributed by atoms with van der Waals surface area (Å²) in [7, 11) is -3.50. The van der Waals surface area contributed by atoms with E-state index in [2.05, 4.69) is 5.32 Å². The van der Waals surface area contributed by atoms with Gasteiger partial charge in [-0.15, -0.1) is 11.3 Å². The molecule has 0 spiro atoms. The van der Waals surface area contributed by atoms with Crippen LogP contribution in [0, 0.1) is 13.8 Å². The Hall–Kier alpha value is -2.39. The fourth-order valence-corrected chi connectivity index (χ4v) is 6.41. The van der Waals surface area contributed by atoms with Crippen LogP contribution in [0.4, 0.5) is 10.7 Å². The van der Waals surface area contributed by atoms with Gasteiger partial charge < -0.3 is 10.1 Å². The van der Waals surface area contributed by atoms with Crippen LogP contribution in [0.3, 0.4) is 0 Å². The molecule has 9 heteroatoms. The van der Waals surface area contributed by atoms with Crippen molar-refractivity contribution >= 4 is 43.9 Å². The van der Waals surface area contributed by atoms with E-state index in [1.807, 2.05) is 32.0 Å². The molecule has 180 valence electrons. The molecule has 1 aromatic carbocycles. The maximum atomic E-state index is 12.7. The van der Waals surface area contributed by atoms with E-state index in [1.165, 1.54) is 21.9 Å². The quantitative estimate of drug-likeness (QED) is 0.516. The molecule has 1 heterocycles. The smallest absolute Gasteiger partial charge is 0.341 e. The Bertz CT molecular complexity index is 1140. The number of amides is 1. The third-order valence-electron chi connectivity index (χ3n) is 5.70. The molecule has 33 heavy (non-hydrogen) atoms. The normalized spacial score (nSPS) is 13.3. The first-order valence-electron chi connectivity index (χ1n) is 11.3. The van der Waals surface area contributed by atoms with Crippen LogP contribution in [-0.4, -0.2) is 39.7 Å². The van der Waals surface area contributed by atoms with Gasteiger partial charge in [0.15, 0.2) is 0 Å². The van der Waals surface area contributed by atoms with Crippen molar-refractivity contribution in [1.29, 1.82) is 0 Å². The first kappa shape index (κ1) is 25.2. The number of hydrogen-bond donors (Lipinski definition) is 1. The Morgan fingerprint density at radius 2 is 1.91 bits per heavy atom. The Labute approximate surface area is 200 Å². The molecule has 1 aromatic heterocycles. The van der Waals surface area contributed by atoms with Crippen molar-refractivity contribution in [3.05, 3.63) is 45.3 Å². The monoisotopic (exact) mass is 492 g/mol. The van der Waals surface area contributed by atoms with Crippen LogP contribution in [-0.2, 0) is 32.4 Å². The highest BCUT2D eigenvalue weighted by Crippen LogP contribution is 2.38. The van der Waals surface area contributed by atoms with Gasteiger partial charge in [-0.05, 0) is 75.6 Å². The van der Waals surface area contributed by atoms with Gasteiger partial charge in [-0.3, -0.25) is 9.10 Å². The number of sulfonamides is 1. The van der Waals surface area contributed by atoms with Crippen LogP contribution >= 0.6 is 11.3 Å². The minimum atomic E-state index is -3.50. The molecule has 1 aliphatic carbocycles. The molecule has 0 fully saturated rings. The van der Waals surface area contributed by atoms with Crippen molar-refractivity contribution in [2.24, 2.45) is 0 Å². The summed E-state index contributed by atoms with van der Waals surface area (Å²) in [5.74, 6) is -0.640. The van der Waals surface area contributed by atoms with Gasteiger partial charge in [-0.25, -0.2) is 13.2 Å². The minimum Gasteiger partial charge on any atom is -0.462 e. The molecular weight excluding hydrogens is 460 g/mol. The number of carbonyl (C=O) groups excluding carboxylic acids is 2. The average Bonchev–Trinajstić information content (AvgIpc) is 3.10. The summed E-state index contributed by atoms with van der Waals surface area (Å²) in [6, 6.07) is 5.68. The lowest BCUT2D eigenvalue weighted by molar-refractivity contribution is -0.116. The lowest BCUT2D eigenvalue weighted by atomic mass is 9.95. The minimum absolute atomic E-state index is 0.141. The van der Waals surface area contributed by atoms with Crippen LogP contribution in [0.2, 0.25) is 0 Å². The first-order valence-corrected chi connectivity index (χ1v) is 13.9. The predicted octanol–water partition coefficient (Wildman–Crippen LogP) is 4.61. The van der Waals surface area contributed by atoms with Crippen molar-refractivity contribution in [2.75, 3.05) is 29.0 Å². The summed E-state index contributed by atoms with van der Waals surface area (Å²) >= 11 is 1.45. The van der Waals surface area contributed by atoms with Crippen molar-refractivity contribution in [2.45, 2.75) is 59.3 Å². The summed E-state index contributed by atoms with van der Waals surface area (Å²) in [6.07, 6.45) is 5.48. The summed E-state index contributed by atoms with van der Waals surface area (Å²) in [5, 5.41) is 3.43. The number of benzene rings is 1. The van der Waals surface area contributed by atoms with Crippen molar-refractivity contribution in [1.82, 2.24) is 0 Å². The van der Waals surface area contributed by atoms with Gasteiger partial charge in [0, 0.05) is 17.8 Å². The molecule has 0 saturated carbocycles. The van der Waals surface area contributed by atoms with E-state index in [4.69, 9.17) is 4.74 Å². The number of esters is 1. The number of ether oxygens (including phenoxy) is 1. The van der Waals surface area contributed by atoms with E-state index in [9.17, 15) is 18.0 Å². The second-order valence-electron chi connectivity index (χ2n) is 8.41. The highest BCUT2D eigenvalue weighted by molar-refractivity contribution is 7.92. The summed E-state index contributed by atoms with van der Waals surface area (Å²) in [5.41, 5.74) is 3.94. The average molecular weight is 493 g/mol. The predicted molar refractivity (Wildman–Crippen MR) is 133 cm³/mol. The van der Waals surface area contributed by atoms with Crippen LogP contribution in [0.1, 0.15) is 64.5 Å². The summed E-state index contributed by atoms with van der Waals surface area (Å²) in [4.78, 5) is 26.4. The van der Waals surface area contributed by atoms with E-state index >= 15 is 0 Å². The molecule has 0 radical (unpaired) electrons. The number of nitrogens with one attached hydrogen (secondary N) is 1. The van der Waals surface area contributed by atoms with Crippen LogP contribution in [0.25, 0.3) is 0 Å². The number of anilines is 2. The number of nitrogens with zero attached hydrogens (tertiary/aromatic N) is 1. The molecule has 0 atom stereocenters. The number of aryl methyl sites for hydroxylation is 3. The zero-order valence-electron chi connectivity index (χ0n) is 19.7. The Kier molecular flexibility index (Phi) is 8.18. The molecule has 1 amide bonds. The van der Waals surface area contributed by atoms with Crippen molar-refractivity contribution in [3.63, 3.8) is 0 Å². The standard InChI is InChI=1S/C24H32N2O5S2/c1-5-31-24(28)22-18-9-6-7-10-20(18)32-23(22)25-21(27)11-8-14-26(33(4,29)30)19-15-16(2)12-13-17(19)3/h12-13,15H,5-11,14H2,1-4H3,(H,25,27). The third kappa shape index (κ3) is 6.14. The number of carbonyl (C=O) groups is 2. The van der Waals surface area contributed by atoms with E-state index in [1.54, 1.807) is 6.92 Å². The highest BCUT2D eigenvalue weighted by atomic mass is 32.2. The summed E-state index contributed by atoms with van der Waals surface area (Å²) < 4.78 is 31.5. The van der Waals surface area contributed by atoms with Gasteiger partial charge in [0.25, 0.3) is 0 Å². The lowest BCUT2D eigenvalue weighted by Gasteiger charge is -2.24. The SMILES string of the molecule is CCOC(=O)c1c(NC(=O)CCCN(c2cc(C)ccc2C)S(C)(=O)=O)sc2c1CCCC2. The van der Waals surface area contributed by atoms with Gasteiger partial charge in [0.2, 0.25) is 15.9 Å². The van der Waals surface area contributed by atoms with Gasteiger partial charge in [-0.2, -0.15) is 0 Å². The van der Waals surface area contributed by atoms with E-state index in [0.29, 0.717) is 22.7 Å². The number of fused-ring (bicyclic) bond motifs is 1. The molecule has 0 unspecified atom stereocenters. The molecule has 1 N–H and O–H groups in total. The molecule has 0 aliphatic heterocycles. The zero-order valence-corrected chi connectivity index (χ0v) is 21.3. The third-order valence-corrected chi connectivity index (χ3v) is 8.09. The molecule has 2 aromatic rings. The van der Waals surface area contributed by atoms with E-state index in [-0.39, 0.29) is 25.5 Å². The number of hydrogen-bond acceptors (Lipinski definition) is 6. The van der Waals surface area contributed by atoms with E-state index < -0.39 is 16.0 Å². The van der Waals surface area contributed by atoms with Crippen LogP contribution in [0.5, 0.6) is 0 Å². The van der Waals surface area contributed by atoms with Crippen molar-refractivity contribution in [3.8, 4) is 0 Å². The Morgan fingerprint density at radius 3 is 2.61 bits per heavy atom. The lowest BCUT2D eigenvalue weighted by Crippen LogP contribution is -2.32. The first-order chi connectivity index (χ1) is 15.6. The van der Waals surface area contributed by atoms with Crippen LogP contribution in [0.15, 0.2) is 18.2 Å². The molecular formula is C24H32N2O5S2. The summed E-state index contributed by atoms with van der Waals surface area (Å²) in [6.45, 7) is 6.02. The Morgan fingerprint density at radius 1 is 1.18 bits per heavy atom. The van der Waals surface area contributed by atoms with Gasteiger partial charge >= 0.3 is 5.97 Å². The molecule has 0 saturated heterocycles. The van der Waals surface area contributed by atoms with Crippen molar-refractivity contribution < 1.29 is 22.7 Å². The van der Waals surface area contributed by atoms with Gasteiger partial charge in [-0.1, -0.05) is 12.1 Å². The Balaban J connectivity index is 1.70. The van der Waals surface area contributed by atoms with E-state index in [0.717, 1.165) is 47.3 Å². The highest BCUT2D eigenvalue weighted by Gasteiger charge is 2.27. The maximum absolute atomic E-state index is 12.7. The number of thiophene rings is 1. The van der Waals surface area contributed by atoms with Gasteiger partial charge in [0.1, 0.15) is 5.00 Å². The fraction of sp³-hybridized carbons (Fsp3) is 0.500. The molecule has 1 aliphatic rings. The molecule has 7 nitrogen and oxygen atoms in total. The largest absolute Gasteiger partial charge is 0.462 e. The fourth-order valence-electron chi connectivity index (χ4n) is 4.10. The second kappa shape index (κ2) is 10.7.